The third kappa shape index (κ3) is 4.06. The van der Waals surface area contributed by atoms with Crippen molar-refractivity contribution in [2.45, 2.75) is 57.9 Å². The van der Waals surface area contributed by atoms with Crippen LogP contribution in [0.25, 0.3) is 0 Å². The van der Waals surface area contributed by atoms with E-state index >= 15 is 0 Å². The van der Waals surface area contributed by atoms with Gasteiger partial charge in [0.25, 0.3) is 0 Å². The van der Waals surface area contributed by atoms with E-state index in [2.05, 4.69) is 17.1 Å². The van der Waals surface area contributed by atoms with Gasteiger partial charge < -0.3 is 15.1 Å². The Balaban J connectivity index is 1.41. The lowest BCUT2D eigenvalue weighted by molar-refractivity contribution is -0.130. The average molecular weight is 321 g/mol. The predicted molar refractivity (Wildman–Crippen MR) is 89.9 cm³/mol. The van der Waals surface area contributed by atoms with Gasteiger partial charge in [-0.1, -0.05) is 19.8 Å². The molecule has 5 nitrogen and oxygen atoms in total. The van der Waals surface area contributed by atoms with Gasteiger partial charge in [-0.05, 0) is 51.2 Å². The Hall–Kier alpha value is -1.10. The molecule has 0 aromatic carbocycles. The van der Waals surface area contributed by atoms with Gasteiger partial charge in [-0.25, -0.2) is 0 Å². The van der Waals surface area contributed by atoms with Crippen LogP contribution in [0, 0.1) is 11.8 Å². The first-order valence-electron chi connectivity index (χ1n) is 9.47. The number of carbonyl (C=O) groups is 2. The minimum absolute atomic E-state index is 0.0942. The highest BCUT2D eigenvalue weighted by molar-refractivity contribution is 5.89. The molecule has 23 heavy (non-hydrogen) atoms. The van der Waals surface area contributed by atoms with Crippen LogP contribution in [-0.2, 0) is 9.59 Å². The first-order valence-corrected chi connectivity index (χ1v) is 9.47. The third-order valence-electron chi connectivity index (χ3n) is 6.01. The smallest absolute Gasteiger partial charge is 0.225 e. The van der Waals surface area contributed by atoms with Gasteiger partial charge in [0.05, 0.1) is 5.92 Å². The van der Waals surface area contributed by atoms with Crippen molar-refractivity contribution in [2.75, 3.05) is 32.7 Å². The molecule has 3 fully saturated rings. The molecule has 130 valence electrons. The van der Waals surface area contributed by atoms with E-state index in [0.717, 1.165) is 39.0 Å². The summed E-state index contributed by atoms with van der Waals surface area (Å²) in [7, 11) is 0. The first-order chi connectivity index (χ1) is 11.2. The minimum Gasteiger partial charge on any atom is -0.356 e. The summed E-state index contributed by atoms with van der Waals surface area (Å²) in [6.45, 7) is 7.05. The summed E-state index contributed by atoms with van der Waals surface area (Å²) in [6, 6.07) is 0.402. The van der Waals surface area contributed by atoms with Crippen molar-refractivity contribution in [1.82, 2.24) is 15.1 Å². The molecule has 1 aliphatic carbocycles. The Labute approximate surface area is 139 Å². The van der Waals surface area contributed by atoms with Crippen molar-refractivity contribution in [3.63, 3.8) is 0 Å². The highest BCUT2D eigenvalue weighted by Crippen LogP contribution is 2.29. The highest BCUT2D eigenvalue weighted by atomic mass is 16.2. The van der Waals surface area contributed by atoms with Gasteiger partial charge in [0.1, 0.15) is 0 Å². The molecule has 1 atom stereocenters. The molecule has 5 heteroatoms. The molecular weight excluding hydrogens is 290 g/mol. The molecular formula is C18H31N3O2. The van der Waals surface area contributed by atoms with E-state index in [-0.39, 0.29) is 17.7 Å². The fourth-order valence-electron chi connectivity index (χ4n) is 4.37. The van der Waals surface area contributed by atoms with Crippen molar-refractivity contribution < 1.29 is 9.59 Å². The number of likely N-dealkylation sites (tertiary alicyclic amines) is 2. The summed E-state index contributed by atoms with van der Waals surface area (Å²) in [5, 5.41) is 3.12. The molecule has 0 aromatic rings. The van der Waals surface area contributed by atoms with Gasteiger partial charge >= 0.3 is 0 Å². The second kappa shape index (κ2) is 7.65. The normalized spacial score (nSPS) is 27.8. The number of hydrogen-bond acceptors (Lipinski definition) is 3. The number of carbonyl (C=O) groups excluding carboxylic acids is 2. The number of hydrogen-bond donors (Lipinski definition) is 1. The highest BCUT2D eigenvalue weighted by Gasteiger charge is 2.38. The van der Waals surface area contributed by atoms with Gasteiger partial charge in [-0.2, -0.15) is 0 Å². The monoisotopic (exact) mass is 321 g/mol. The molecule has 0 radical (unpaired) electrons. The van der Waals surface area contributed by atoms with Crippen LogP contribution in [0.15, 0.2) is 0 Å². The Kier molecular flexibility index (Phi) is 5.57. The van der Waals surface area contributed by atoms with E-state index in [4.69, 9.17) is 0 Å². The van der Waals surface area contributed by atoms with Crippen LogP contribution in [0.4, 0.5) is 0 Å². The Bertz CT molecular complexity index is 426. The zero-order valence-electron chi connectivity index (χ0n) is 14.4. The van der Waals surface area contributed by atoms with Crippen molar-refractivity contribution in [3.8, 4) is 0 Å². The van der Waals surface area contributed by atoms with Crippen LogP contribution in [0.1, 0.15) is 51.9 Å². The summed E-state index contributed by atoms with van der Waals surface area (Å²) in [5.41, 5.74) is 0. The molecule has 2 aliphatic heterocycles. The maximum Gasteiger partial charge on any atom is 0.225 e. The van der Waals surface area contributed by atoms with Crippen molar-refractivity contribution in [3.05, 3.63) is 0 Å². The standard InChI is InChI=1S/C18H31N3O2/c1-2-20-9-7-14(8-10-20)12-19-18(23)15-11-17(22)21(13-15)16-5-3-4-6-16/h14-16H,2-13H2,1H3,(H,19,23)/t15-/m1/s1. The number of nitrogens with one attached hydrogen (secondary N) is 1. The van der Waals surface area contributed by atoms with E-state index in [1.54, 1.807) is 0 Å². The van der Waals surface area contributed by atoms with E-state index < -0.39 is 0 Å². The molecule has 2 saturated heterocycles. The molecule has 0 unspecified atom stereocenters. The average Bonchev–Trinajstić information content (AvgIpc) is 3.22. The maximum atomic E-state index is 12.4. The molecule has 2 amide bonds. The predicted octanol–water partition coefficient (Wildman–Crippen LogP) is 1.63. The van der Waals surface area contributed by atoms with Crippen LogP contribution in [0.5, 0.6) is 0 Å². The van der Waals surface area contributed by atoms with Gasteiger partial charge in [-0.15, -0.1) is 0 Å². The first kappa shape index (κ1) is 16.7. The van der Waals surface area contributed by atoms with Crippen molar-refractivity contribution >= 4 is 11.8 Å². The van der Waals surface area contributed by atoms with Crippen LogP contribution >= 0.6 is 0 Å². The molecule has 1 saturated carbocycles. The fourth-order valence-corrected chi connectivity index (χ4v) is 4.37. The molecule has 0 aromatic heterocycles. The van der Waals surface area contributed by atoms with E-state index in [0.29, 0.717) is 24.9 Å². The molecule has 3 rings (SSSR count). The van der Waals surface area contributed by atoms with E-state index in [9.17, 15) is 9.59 Å². The second-order valence-electron chi connectivity index (χ2n) is 7.51. The molecule has 3 aliphatic rings. The second-order valence-corrected chi connectivity index (χ2v) is 7.51. The zero-order chi connectivity index (χ0) is 16.2. The number of amides is 2. The summed E-state index contributed by atoms with van der Waals surface area (Å²) in [5.74, 6) is 0.758. The lowest BCUT2D eigenvalue weighted by atomic mass is 9.96. The van der Waals surface area contributed by atoms with Gasteiger partial charge in [0.15, 0.2) is 0 Å². The quantitative estimate of drug-likeness (QED) is 0.837. The molecule has 0 spiro atoms. The zero-order valence-corrected chi connectivity index (χ0v) is 14.4. The summed E-state index contributed by atoms with van der Waals surface area (Å²) >= 11 is 0. The van der Waals surface area contributed by atoms with E-state index in [1.807, 2.05) is 4.90 Å². The lowest BCUT2D eigenvalue weighted by Gasteiger charge is -2.31. The van der Waals surface area contributed by atoms with E-state index in [1.165, 1.54) is 25.7 Å². The SMILES string of the molecule is CCN1CCC(CNC(=O)[C@@H]2CC(=O)N(C3CCCC3)C2)CC1. The minimum atomic E-state index is -0.126. The van der Waals surface area contributed by atoms with Gasteiger partial charge in [0.2, 0.25) is 11.8 Å². The van der Waals surface area contributed by atoms with Crippen molar-refractivity contribution in [2.24, 2.45) is 11.8 Å². The number of piperidine rings is 1. The number of nitrogens with zero attached hydrogens (tertiary/aromatic N) is 2. The Morgan fingerprint density at radius 1 is 1.17 bits per heavy atom. The van der Waals surface area contributed by atoms with Crippen LogP contribution in [0.2, 0.25) is 0 Å². The van der Waals surface area contributed by atoms with Crippen LogP contribution in [0.3, 0.4) is 0 Å². The third-order valence-corrected chi connectivity index (χ3v) is 6.01. The maximum absolute atomic E-state index is 12.4. The van der Waals surface area contributed by atoms with Gasteiger partial charge in [0, 0.05) is 25.6 Å². The van der Waals surface area contributed by atoms with Crippen LogP contribution in [-0.4, -0.2) is 60.4 Å². The number of rotatable bonds is 5. The van der Waals surface area contributed by atoms with Crippen LogP contribution < -0.4 is 5.32 Å². The molecule has 2 heterocycles. The van der Waals surface area contributed by atoms with Gasteiger partial charge in [-0.3, -0.25) is 9.59 Å². The van der Waals surface area contributed by atoms with Crippen molar-refractivity contribution in [1.29, 1.82) is 0 Å². The molecule has 0 bridgehead atoms. The Morgan fingerprint density at radius 3 is 2.52 bits per heavy atom. The topological polar surface area (TPSA) is 52.7 Å². The summed E-state index contributed by atoms with van der Waals surface area (Å²) < 4.78 is 0. The fraction of sp³-hybridized carbons (Fsp3) is 0.889. The lowest BCUT2D eigenvalue weighted by Crippen LogP contribution is -2.41. The summed E-state index contributed by atoms with van der Waals surface area (Å²) in [4.78, 5) is 29.1. The Morgan fingerprint density at radius 2 is 1.87 bits per heavy atom. The molecule has 1 N–H and O–H groups in total. The summed E-state index contributed by atoms with van der Waals surface area (Å²) in [6.07, 6.45) is 7.45. The largest absolute Gasteiger partial charge is 0.356 e.